The van der Waals surface area contributed by atoms with E-state index in [0.717, 1.165) is 17.8 Å². The van der Waals surface area contributed by atoms with Crippen molar-refractivity contribution in [1.29, 1.82) is 5.26 Å². The molecular weight excluding hydrogens is 208 g/mol. The zero-order valence-electron chi connectivity index (χ0n) is 8.92. The van der Waals surface area contributed by atoms with Gasteiger partial charge in [-0.25, -0.2) is 0 Å². The second kappa shape index (κ2) is 4.86. The van der Waals surface area contributed by atoms with E-state index >= 15 is 0 Å². The monoisotopic (exact) mass is 220 g/mol. The predicted octanol–water partition coefficient (Wildman–Crippen LogP) is 3.22. The summed E-state index contributed by atoms with van der Waals surface area (Å²) in [5.41, 5.74) is 2.40. The first-order chi connectivity index (χ1) is 7.06. The average Bonchev–Trinajstić information content (AvgIpc) is 2.16. The fraction of sp³-hybridized carbons (Fsp3) is 0.250. The van der Waals surface area contributed by atoms with Gasteiger partial charge in [-0.3, -0.25) is 0 Å². The van der Waals surface area contributed by atoms with Gasteiger partial charge in [-0.05, 0) is 19.1 Å². The largest absolute Gasteiger partial charge is 0.370 e. The lowest BCUT2D eigenvalue weighted by Crippen LogP contribution is -2.20. The number of hydrogen-bond acceptors (Lipinski definition) is 2. The molecule has 0 radical (unpaired) electrons. The number of nitriles is 1. The van der Waals surface area contributed by atoms with Crippen LogP contribution in [0.5, 0.6) is 0 Å². The lowest BCUT2D eigenvalue weighted by atomic mass is 10.1. The molecule has 0 aliphatic carbocycles. The lowest BCUT2D eigenvalue weighted by molar-refractivity contribution is 0.983. The maximum Gasteiger partial charge on any atom is 0.103 e. The normalized spacial score (nSPS) is 9.47. The second-order valence-corrected chi connectivity index (χ2v) is 3.97. The van der Waals surface area contributed by atoms with Gasteiger partial charge >= 0.3 is 0 Å². The summed E-state index contributed by atoms with van der Waals surface area (Å²) in [6.07, 6.45) is 0. The fourth-order valence-electron chi connectivity index (χ4n) is 1.43. The molecule has 2 nitrogen and oxygen atoms in total. The highest BCUT2D eigenvalue weighted by atomic mass is 35.5. The third kappa shape index (κ3) is 2.74. The number of hydrogen-bond donors (Lipinski definition) is 0. The van der Waals surface area contributed by atoms with E-state index in [1.54, 1.807) is 6.07 Å². The van der Waals surface area contributed by atoms with Crippen molar-refractivity contribution in [3.8, 4) is 6.07 Å². The van der Waals surface area contributed by atoms with E-state index in [9.17, 15) is 0 Å². The first-order valence-corrected chi connectivity index (χ1v) is 4.98. The standard InChI is InChI=1S/C12H13ClN2/c1-9(2)8-15(3)12-6-4-5-11(13)10(12)7-14/h4-6H,1,8H2,2-3H3. The van der Waals surface area contributed by atoms with Crippen LogP contribution in [0.2, 0.25) is 5.02 Å². The van der Waals surface area contributed by atoms with Crippen LogP contribution in [0.25, 0.3) is 0 Å². The maximum atomic E-state index is 9.00. The van der Waals surface area contributed by atoms with E-state index in [0.29, 0.717) is 10.6 Å². The summed E-state index contributed by atoms with van der Waals surface area (Å²) < 4.78 is 0. The molecular formula is C12H13ClN2. The second-order valence-electron chi connectivity index (χ2n) is 3.56. The Hall–Kier alpha value is -1.46. The molecule has 1 rings (SSSR count). The van der Waals surface area contributed by atoms with Gasteiger partial charge in [-0.15, -0.1) is 0 Å². The van der Waals surface area contributed by atoms with Crippen LogP contribution in [0.1, 0.15) is 12.5 Å². The molecule has 78 valence electrons. The fourth-order valence-corrected chi connectivity index (χ4v) is 1.64. The molecule has 0 saturated carbocycles. The van der Waals surface area contributed by atoms with Gasteiger partial charge in [0.1, 0.15) is 6.07 Å². The Kier molecular flexibility index (Phi) is 3.76. The molecule has 0 aliphatic heterocycles. The molecule has 3 heteroatoms. The molecule has 0 bridgehead atoms. The van der Waals surface area contributed by atoms with Gasteiger partial charge in [0.15, 0.2) is 0 Å². The maximum absolute atomic E-state index is 9.00. The van der Waals surface area contributed by atoms with E-state index in [-0.39, 0.29) is 0 Å². The zero-order chi connectivity index (χ0) is 11.4. The predicted molar refractivity (Wildman–Crippen MR) is 64.3 cm³/mol. The van der Waals surface area contributed by atoms with Crippen molar-refractivity contribution in [3.63, 3.8) is 0 Å². The molecule has 0 unspecified atom stereocenters. The van der Waals surface area contributed by atoms with Gasteiger partial charge in [0.05, 0.1) is 16.3 Å². The molecule has 0 spiro atoms. The number of likely N-dealkylation sites (N-methyl/N-ethyl adjacent to an activating group) is 1. The molecule has 0 saturated heterocycles. The van der Waals surface area contributed by atoms with Crippen molar-refractivity contribution in [2.24, 2.45) is 0 Å². The van der Waals surface area contributed by atoms with E-state index in [1.807, 2.05) is 31.0 Å². The molecule has 0 atom stereocenters. The highest BCUT2D eigenvalue weighted by molar-refractivity contribution is 6.32. The summed E-state index contributed by atoms with van der Waals surface area (Å²) in [4.78, 5) is 1.97. The molecule has 0 fully saturated rings. The third-order valence-corrected chi connectivity index (χ3v) is 2.34. The van der Waals surface area contributed by atoms with Crippen molar-refractivity contribution in [1.82, 2.24) is 0 Å². The minimum absolute atomic E-state index is 0.489. The zero-order valence-corrected chi connectivity index (χ0v) is 9.67. The summed E-state index contributed by atoms with van der Waals surface area (Å²) >= 11 is 5.94. The Bertz CT molecular complexity index is 418. The summed E-state index contributed by atoms with van der Waals surface area (Å²) in [6, 6.07) is 7.56. The Morgan fingerprint density at radius 1 is 1.60 bits per heavy atom. The first kappa shape index (κ1) is 11.6. The Balaban J connectivity index is 3.09. The summed E-state index contributed by atoms with van der Waals surface area (Å²) in [5.74, 6) is 0. The molecule has 1 aromatic carbocycles. The molecule has 0 aliphatic rings. The van der Waals surface area contributed by atoms with Gasteiger partial charge in [-0.1, -0.05) is 29.8 Å². The van der Waals surface area contributed by atoms with E-state index < -0.39 is 0 Å². The van der Waals surface area contributed by atoms with Crippen LogP contribution < -0.4 is 4.90 Å². The Labute approximate surface area is 95.4 Å². The van der Waals surface area contributed by atoms with E-state index in [1.165, 1.54) is 0 Å². The van der Waals surface area contributed by atoms with Crippen LogP contribution in [-0.4, -0.2) is 13.6 Å². The Morgan fingerprint density at radius 3 is 2.80 bits per heavy atom. The van der Waals surface area contributed by atoms with Gasteiger partial charge in [0.25, 0.3) is 0 Å². The highest BCUT2D eigenvalue weighted by Gasteiger charge is 2.09. The van der Waals surface area contributed by atoms with Gasteiger partial charge in [-0.2, -0.15) is 5.26 Å². The third-order valence-electron chi connectivity index (χ3n) is 2.02. The van der Waals surface area contributed by atoms with E-state index in [4.69, 9.17) is 16.9 Å². The van der Waals surface area contributed by atoms with Gasteiger partial charge in [0.2, 0.25) is 0 Å². The van der Waals surface area contributed by atoms with Crippen molar-refractivity contribution < 1.29 is 0 Å². The molecule has 0 aromatic heterocycles. The van der Waals surface area contributed by atoms with Gasteiger partial charge in [0, 0.05) is 13.6 Å². The van der Waals surface area contributed by atoms with E-state index in [2.05, 4.69) is 12.6 Å². The molecule has 1 aromatic rings. The summed E-state index contributed by atoms with van der Waals surface area (Å²) in [5, 5.41) is 9.49. The van der Waals surface area contributed by atoms with Crippen LogP contribution in [0.4, 0.5) is 5.69 Å². The van der Waals surface area contributed by atoms with Crippen LogP contribution >= 0.6 is 11.6 Å². The quantitative estimate of drug-likeness (QED) is 0.732. The number of halogens is 1. The van der Waals surface area contributed by atoms with Crippen LogP contribution in [0.15, 0.2) is 30.4 Å². The highest BCUT2D eigenvalue weighted by Crippen LogP contribution is 2.26. The first-order valence-electron chi connectivity index (χ1n) is 4.60. The van der Waals surface area contributed by atoms with Gasteiger partial charge < -0.3 is 4.90 Å². The minimum atomic E-state index is 0.489. The van der Waals surface area contributed by atoms with Crippen molar-refractivity contribution in [2.45, 2.75) is 6.92 Å². The topological polar surface area (TPSA) is 27.0 Å². The SMILES string of the molecule is C=C(C)CN(C)c1cccc(Cl)c1C#N. The summed E-state index contributed by atoms with van der Waals surface area (Å²) in [7, 11) is 1.92. The number of rotatable bonds is 3. The van der Waals surface area contributed by atoms with Crippen molar-refractivity contribution in [3.05, 3.63) is 40.9 Å². The van der Waals surface area contributed by atoms with Crippen molar-refractivity contribution >= 4 is 17.3 Å². The molecule has 0 amide bonds. The smallest absolute Gasteiger partial charge is 0.103 e. The summed E-state index contributed by atoms with van der Waals surface area (Å²) in [6.45, 7) is 6.51. The lowest BCUT2D eigenvalue weighted by Gasteiger charge is -2.20. The average molecular weight is 221 g/mol. The number of anilines is 1. The molecule has 0 heterocycles. The number of nitrogens with zero attached hydrogens (tertiary/aromatic N) is 2. The molecule has 15 heavy (non-hydrogen) atoms. The van der Waals surface area contributed by atoms with Crippen LogP contribution in [-0.2, 0) is 0 Å². The van der Waals surface area contributed by atoms with Crippen molar-refractivity contribution in [2.75, 3.05) is 18.5 Å². The van der Waals surface area contributed by atoms with Crippen LogP contribution in [0, 0.1) is 11.3 Å². The minimum Gasteiger partial charge on any atom is -0.370 e. The van der Waals surface area contributed by atoms with Crippen LogP contribution in [0.3, 0.4) is 0 Å². The number of benzene rings is 1. The molecule has 0 N–H and O–H groups in total. The Morgan fingerprint density at radius 2 is 2.27 bits per heavy atom.